The van der Waals surface area contributed by atoms with Crippen LogP contribution < -0.4 is 21.5 Å². The van der Waals surface area contributed by atoms with Gasteiger partial charge in [0.15, 0.2) is 0 Å². The molecule has 6 heteroatoms. The van der Waals surface area contributed by atoms with Crippen LogP contribution in [-0.4, -0.2) is 30.1 Å². The monoisotopic (exact) mass is 272 g/mol. The zero-order valence-electron chi connectivity index (χ0n) is 11.6. The summed E-state index contributed by atoms with van der Waals surface area (Å²) in [4.78, 5) is 10.3. The number of hydrogen-bond acceptors (Lipinski definition) is 6. The number of rotatable bonds is 7. The Morgan fingerprint density at radius 1 is 1.15 bits per heavy atom. The second-order valence-corrected chi connectivity index (χ2v) is 4.47. The van der Waals surface area contributed by atoms with E-state index in [0.29, 0.717) is 5.82 Å². The van der Waals surface area contributed by atoms with Crippen molar-refractivity contribution in [2.75, 3.05) is 35.8 Å². The number of nitrogens with two attached hydrogens (primary N) is 1. The fourth-order valence-electron chi connectivity index (χ4n) is 1.88. The van der Waals surface area contributed by atoms with Crippen LogP contribution in [0.25, 0.3) is 0 Å². The van der Waals surface area contributed by atoms with E-state index in [1.165, 1.54) is 12.0 Å². The van der Waals surface area contributed by atoms with E-state index in [1.54, 1.807) is 6.07 Å². The van der Waals surface area contributed by atoms with E-state index in [0.717, 1.165) is 25.3 Å². The smallest absolute Gasteiger partial charge is 0.145 e. The van der Waals surface area contributed by atoms with Crippen molar-refractivity contribution in [1.82, 2.24) is 9.97 Å². The highest BCUT2D eigenvalue weighted by Gasteiger charge is 2.00. The first-order chi connectivity index (χ1) is 9.79. The van der Waals surface area contributed by atoms with Gasteiger partial charge in [0.2, 0.25) is 0 Å². The highest BCUT2D eigenvalue weighted by molar-refractivity contribution is 5.46. The van der Waals surface area contributed by atoms with E-state index < -0.39 is 0 Å². The molecule has 1 heterocycles. The Morgan fingerprint density at radius 3 is 2.65 bits per heavy atom. The van der Waals surface area contributed by atoms with E-state index >= 15 is 0 Å². The van der Waals surface area contributed by atoms with Crippen LogP contribution in [0.1, 0.15) is 6.42 Å². The maximum absolute atomic E-state index is 5.30. The molecular weight excluding hydrogens is 252 g/mol. The lowest BCUT2D eigenvalue weighted by Gasteiger charge is -2.19. The van der Waals surface area contributed by atoms with Gasteiger partial charge in [-0.2, -0.15) is 0 Å². The van der Waals surface area contributed by atoms with Gasteiger partial charge < -0.3 is 15.6 Å². The first-order valence-electron chi connectivity index (χ1n) is 6.58. The molecule has 0 aliphatic carbocycles. The van der Waals surface area contributed by atoms with Crippen molar-refractivity contribution in [3.8, 4) is 0 Å². The summed E-state index contributed by atoms with van der Waals surface area (Å²) >= 11 is 0. The van der Waals surface area contributed by atoms with Gasteiger partial charge in [-0.1, -0.05) is 18.2 Å². The van der Waals surface area contributed by atoms with Crippen LogP contribution in [0.5, 0.6) is 0 Å². The number of anilines is 3. The first-order valence-corrected chi connectivity index (χ1v) is 6.58. The molecule has 0 bridgehead atoms. The van der Waals surface area contributed by atoms with Gasteiger partial charge in [0.05, 0.1) is 0 Å². The molecule has 4 N–H and O–H groups in total. The number of nitrogen functional groups attached to an aromatic ring is 1. The van der Waals surface area contributed by atoms with Crippen molar-refractivity contribution in [3.05, 3.63) is 42.7 Å². The van der Waals surface area contributed by atoms with E-state index in [9.17, 15) is 0 Å². The average Bonchev–Trinajstić information content (AvgIpc) is 2.52. The molecule has 2 rings (SSSR count). The van der Waals surface area contributed by atoms with Crippen molar-refractivity contribution < 1.29 is 0 Å². The van der Waals surface area contributed by atoms with Crippen LogP contribution >= 0.6 is 0 Å². The lowest BCUT2D eigenvalue weighted by molar-refractivity contribution is 0.814. The van der Waals surface area contributed by atoms with Crippen molar-refractivity contribution >= 4 is 17.3 Å². The van der Waals surface area contributed by atoms with Crippen molar-refractivity contribution in [2.45, 2.75) is 6.42 Å². The number of para-hydroxylation sites is 1. The molecule has 0 aliphatic rings. The summed E-state index contributed by atoms with van der Waals surface area (Å²) in [6.07, 6.45) is 2.49. The van der Waals surface area contributed by atoms with Gasteiger partial charge in [-0.3, -0.25) is 0 Å². The highest BCUT2D eigenvalue weighted by Crippen LogP contribution is 2.11. The molecule has 20 heavy (non-hydrogen) atoms. The van der Waals surface area contributed by atoms with Crippen molar-refractivity contribution in [3.63, 3.8) is 0 Å². The van der Waals surface area contributed by atoms with Gasteiger partial charge in [-0.15, -0.1) is 0 Å². The molecule has 0 fully saturated rings. The number of aromatic nitrogens is 2. The number of hydrazine groups is 1. The molecule has 0 saturated heterocycles. The van der Waals surface area contributed by atoms with E-state index in [4.69, 9.17) is 5.84 Å². The third-order valence-electron chi connectivity index (χ3n) is 2.99. The lowest BCUT2D eigenvalue weighted by Crippen LogP contribution is -2.20. The fourth-order valence-corrected chi connectivity index (χ4v) is 1.88. The molecule has 106 valence electrons. The van der Waals surface area contributed by atoms with E-state index in [2.05, 4.69) is 44.8 Å². The summed E-state index contributed by atoms with van der Waals surface area (Å²) in [5, 5.41) is 3.25. The summed E-state index contributed by atoms with van der Waals surface area (Å²) in [5.74, 6) is 6.68. The van der Waals surface area contributed by atoms with Gasteiger partial charge in [0.25, 0.3) is 0 Å². The second-order valence-electron chi connectivity index (χ2n) is 4.47. The Balaban J connectivity index is 1.73. The van der Waals surface area contributed by atoms with Gasteiger partial charge in [-0.25, -0.2) is 15.8 Å². The molecule has 1 aromatic heterocycles. The second kappa shape index (κ2) is 7.30. The third-order valence-corrected chi connectivity index (χ3v) is 2.99. The molecule has 0 amide bonds. The Hall–Kier alpha value is -2.34. The zero-order chi connectivity index (χ0) is 14.2. The van der Waals surface area contributed by atoms with Gasteiger partial charge in [0, 0.05) is 31.9 Å². The zero-order valence-corrected chi connectivity index (χ0v) is 11.6. The quantitative estimate of drug-likeness (QED) is 0.404. The van der Waals surface area contributed by atoms with Crippen LogP contribution in [0.2, 0.25) is 0 Å². The molecule has 6 nitrogen and oxygen atoms in total. The summed E-state index contributed by atoms with van der Waals surface area (Å²) in [5.41, 5.74) is 3.72. The standard InChI is InChI=1S/C14H20N6/c1-20(12-6-3-2-4-7-12)9-5-8-16-13-10-14(19-15)18-11-17-13/h2-4,6-7,10-11H,5,8-9,15H2,1H3,(H2,16,17,18,19). The third kappa shape index (κ3) is 4.10. The molecule has 0 unspecified atom stereocenters. The Kier molecular flexibility index (Phi) is 5.14. The first kappa shape index (κ1) is 14.1. The Bertz CT molecular complexity index is 516. The Morgan fingerprint density at radius 2 is 1.90 bits per heavy atom. The minimum Gasteiger partial charge on any atom is -0.375 e. The van der Waals surface area contributed by atoms with Crippen LogP contribution in [0.3, 0.4) is 0 Å². The van der Waals surface area contributed by atoms with Crippen LogP contribution in [0.15, 0.2) is 42.7 Å². The van der Waals surface area contributed by atoms with E-state index in [1.807, 2.05) is 18.2 Å². The topological polar surface area (TPSA) is 79.1 Å². The van der Waals surface area contributed by atoms with Gasteiger partial charge in [-0.05, 0) is 18.6 Å². The molecular formula is C14H20N6. The van der Waals surface area contributed by atoms with Crippen molar-refractivity contribution in [2.24, 2.45) is 5.84 Å². The number of nitrogens with zero attached hydrogens (tertiary/aromatic N) is 3. The molecule has 0 radical (unpaired) electrons. The molecule has 0 spiro atoms. The number of benzene rings is 1. The van der Waals surface area contributed by atoms with Crippen molar-refractivity contribution in [1.29, 1.82) is 0 Å². The molecule has 0 saturated carbocycles. The maximum Gasteiger partial charge on any atom is 0.145 e. The minimum absolute atomic E-state index is 0.601. The average molecular weight is 272 g/mol. The highest BCUT2D eigenvalue weighted by atomic mass is 15.3. The lowest BCUT2D eigenvalue weighted by atomic mass is 10.3. The van der Waals surface area contributed by atoms with Gasteiger partial charge >= 0.3 is 0 Å². The number of nitrogens with one attached hydrogen (secondary N) is 2. The minimum atomic E-state index is 0.601. The SMILES string of the molecule is CN(CCCNc1cc(NN)ncn1)c1ccccc1. The predicted octanol–water partition coefficient (Wildman–Crippen LogP) is 1.70. The number of hydrogen-bond donors (Lipinski definition) is 3. The normalized spacial score (nSPS) is 10.1. The van der Waals surface area contributed by atoms with Crippen LogP contribution in [0, 0.1) is 0 Å². The molecule has 1 aromatic carbocycles. The Labute approximate surface area is 119 Å². The summed E-state index contributed by atoms with van der Waals surface area (Å²) in [7, 11) is 2.09. The van der Waals surface area contributed by atoms with E-state index in [-0.39, 0.29) is 0 Å². The summed E-state index contributed by atoms with van der Waals surface area (Å²) in [6.45, 7) is 1.82. The predicted molar refractivity (Wildman–Crippen MR) is 82.7 cm³/mol. The molecule has 0 aliphatic heterocycles. The molecule has 0 atom stereocenters. The summed E-state index contributed by atoms with van der Waals surface area (Å²) in [6, 6.07) is 12.1. The maximum atomic E-state index is 5.30. The van der Waals surface area contributed by atoms with Gasteiger partial charge in [0.1, 0.15) is 18.0 Å². The van der Waals surface area contributed by atoms with Crippen LogP contribution in [-0.2, 0) is 0 Å². The molecule has 2 aromatic rings. The summed E-state index contributed by atoms with van der Waals surface area (Å²) < 4.78 is 0. The largest absolute Gasteiger partial charge is 0.375 e. The van der Waals surface area contributed by atoms with Crippen LogP contribution in [0.4, 0.5) is 17.3 Å². The fraction of sp³-hybridized carbons (Fsp3) is 0.286.